The second kappa shape index (κ2) is 7.26. The number of oxazole rings is 1. The number of carbonyl (C=O) groups is 1. The molecule has 5 rings (SSSR count). The van der Waals surface area contributed by atoms with Gasteiger partial charge in [-0.3, -0.25) is 4.98 Å². The lowest BCUT2D eigenvalue weighted by Gasteiger charge is -2.58. The largest absolute Gasteiger partial charge is 0.445 e. The molecule has 1 aliphatic carbocycles. The third kappa shape index (κ3) is 3.85. The van der Waals surface area contributed by atoms with E-state index in [0.29, 0.717) is 18.6 Å². The first-order valence-corrected chi connectivity index (χ1v) is 11.8. The monoisotopic (exact) mass is 442 g/mol. The maximum Gasteiger partial charge on any atom is 0.417 e. The van der Waals surface area contributed by atoms with Gasteiger partial charge in [0.05, 0.1) is 16.2 Å². The van der Waals surface area contributed by atoms with Crippen molar-refractivity contribution in [1.29, 1.82) is 0 Å². The number of H-pyrrole nitrogens is 1. The van der Waals surface area contributed by atoms with Crippen LogP contribution in [-0.4, -0.2) is 43.2 Å². The fourth-order valence-electron chi connectivity index (χ4n) is 4.77. The zero-order valence-electron chi connectivity index (χ0n) is 16.7. The number of rotatable bonds is 5. The van der Waals surface area contributed by atoms with Crippen LogP contribution in [0.1, 0.15) is 18.4 Å². The van der Waals surface area contributed by atoms with E-state index >= 15 is 0 Å². The molecule has 0 radical (unpaired) electrons. The van der Waals surface area contributed by atoms with Crippen molar-refractivity contribution in [1.82, 2.24) is 9.88 Å². The molecule has 1 amide bonds. The Kier molecular flexibility index (Phi) is 4.65. The predicted molar refractivity (Wildman–Crippen MR) is 112 cm³/mol. The number of amides is 1. The van der Waals surface area contributed by atoms with Gasteiger partial charge < -0.3 is 14.1 Å². The van der Waals surface area contributed by atoms with Gasteiger partial charge in [0.15, 0.2) is 15.4 Å². The van der Waals surface area contributed by atoms with Crippen LogP contribution in [0.2, 0.25) is 0 Å². The van der Waals surface area contributed by atoms with Gasteiger partial charge in [-0.2, -0.15) is 0 Å². The summed E-state index contributed by atoms with van der Waals surface area (Å²) < 4.78 is 35.9. The number of ether oxygens (including phenoxy) is 1. The number of aromatic nitrogens is 1. The number of likely N-dealkylation sites (tertiary alicyclic amines) is 1. The van der Waals surface area contributed by atoms with Crippen molar-refractivity contribution < 1.29 is 22.4 Å². The van der Waals surface area contributed by atoms with Crippen LogP contribution in [0, 0.1) is 11.3 Å². The fourth-order valence-corrected chi connectivity index (χ4v) is 6.38. The zero-order valence-corrected chi connectivity index (χ0v) is 17.6. The minimum Gasteiger partial charge on any atom is -0.445 e. The first-order chi connectivity index (χ1) is 14.8. The number of sulfone groups is 1. The Morgan fingerprint density at radius 2 is 1.90 bits per heavy atom. The van der Waals surface area contributed by atoms with Crippen molar-refractivity contribution in [2.45, 2.75) is 24.3 Å². The van der Waals surface area contributed by atoms with Gasteiger partial charge in [0.2, 0.25) is 0 Å². The van der Waals surface area contributed by atoms with Crippen LogP contribution in [0.5, 0.6) is 0 Å². The molecule has 8 nitrogen and oxygen atoms in total. The maximum atomic E-state index is 12.8. The van der Waals surface area contributed by atoms with E-state index in [2.05, 4.69) is 4.98 Å². The van der Waals surface area contributed by atoms with Crippen LogP contribution in [-0.2, 0) is 21.2 Å². The lowest BCUT2D eigenvalue weighted by molar-refractivity contribution is -0.0798. The molecular formula is C22H22N2O6S. The number of hydrogen-bond donors (Lipinski definition) is 1. The number of aromatic amines is 1. The van der Waals surface area contributed by atoms with E-state index in [0.717, 1.165) is 18.4 Å². The average molecular weight is 442 g/mol. The first kappa shape index (κ1) is 19.9. The van der Waals surface area contributed by atoms with Gasteiger partial charge in [-0.25, -0.2) is 18.0 Å². The molecule has 1 aliphatic heterocycles. The number of hydrogen-bond acceptors (Lipinski definition) is 6. The van der Waals surface area contributed by atoms with Crippen molar-refractivity contribution in [3.8, 4) is 0 Å². The molecule has 2 aromatic carbocycles. The van der Waals surface area contributed by atoms with E-state index in [1.807, 2.05) is 30.3 Å². The minimum atomic E-state index is -3.49. The summed E-state index contributed by atoms with van der Waals surface area (Å²) in [5, 5.41) is 0. The molecule has 0 atom stereocenters. The first-order valence-electron chi connectivity index (χ1n) is 10.1. The van der Waals surface area contributed by atoms with Crippen molar-refractivity contribution in [3.05, 3.63) is 64.6 Å². The quantitative estimate of drug-likeness (QED) is 0.651. The van der Waals surface area contributed by atoms with Crippen LogP contribution in [0.4, 0.5) is 4.79 Å². The van der Waals surface area contributed by atoms with E-state index in [-0.39, 0.29) is 40.3 Å². The molecule has 2 fully saturated rings. The molecule has 1 spiro atoms. The number of nitrogens with one attached hydrogen (secondary N) is 1. The number of benzene rings is 2. The summed E-state index contributed by atoms with van der Waals surface area (Å²) in [5.74, 6) is -0.503. The number of carbonyl (C=O) groups excluding carboxylic acids is 1. The van der Waals surface area contributed by atoms with Gasteiger partial charge in [-0.1, -0.05) is 30.3 Å². The molecule has 0 bridgehead atoms. The standard InChI is InChI=1S/C22H22N2O6S/c25-20-23-18-7-6-17(8-19(18)30-20)31(27,28)12-16-9-22(10-16)13-24(14-22)21(26)29-11-15-4-2-1-3-5-15/h1-8,16H,9-14H2,(H,23,25). The number of fused-ring (bicyclic) bond motifs is 1. The lowest BCUT2D eigenvalue weighted by Crippen LogP contribution is -2.64. The van der Waals surface area contributed by atoms with Crippen molar-refractivity contribution in [2.75, 3.05) is 18.8 Å². The molecule has 162 valence electrons. The third-order valence-electron chi connectivity index (χ3n) is 6.17. The van der Waals surface area contributed by atoms with Crippen LogP contribution in [0.3, 0.4) is 0 Å². The van der Waals surface area contributed by atoms with Gasteiger partial charge in [0.1, 0.15) is 6.61 Å². The molecule has 1 saturated carbocycles. The SMILES string of the molecule is O=C(OCc1ccccc1)N1CC2(CC(CS(=O)(=O)c3ccc4[nH]c(=O)oc4c3)C2)C1. The van der Waals surface area contributed by atoms with E-state index in [9.17, 15) is 18.0 Å². The average Bonchev–Trinajstić information content (AvgIpc) is 3.07. The molecular weight excluding hydrogens is 420 g/mol. The number of nitrogens with zero attached hydrogens (tertiary/aromatic N) is 1. The maximum absolute atomic E-state index is 12.8. The van der Waals surface area contributed by atoms with E-state index < -0.39 is 15.6 Å². The molecule has 9 heteroatoms. The van der Waals surface area contributed by atoms with Crippen LogP contribution in [0.15, 0.2) is 62.6 Å². The molecule has 31 heavy (non-hydrogen) atoms. The lowest BCUT2D eigenvalue weighted by atomic mass is 9.58. The summed E-state index contributed by atoms with van der Waals surface area (Å²) in [6.45, 7) is 1.46. The summed E-state index contributed by atoms with van der Waals surface area (Å²) in [6.07, 6.45) is 1.22. The van der Waals surface area contributed by atoms with Gasteiger partial charge in [0.25, 0.3) is 0 Å². The summed E-state index contributed by atoms with van der Waals surface area (Å²) >= 11 is 0. The molecule has 1 aromatic heterocycles. The van der Waals surface area contributed by atoms with Gasteiger partial charge >= 0.3 is 11.8 Å². The molecule has 1 saturated heterocycles. The van der Waals surface area contributed by atoms with Gasteiger partial charge in [-0.15, -0.1) is 0 Å². The summed E-state index contributed by atoms with van der Waals surface area (Å²) in [6, 6.07) is 13.9. The second-order valence-corrected chi connectivity index (χ2v) is 10.7. The van der Waals surface area contributed by atoms with Crippen molar-refractivity contribution in [3.63, 3.8) is 0 Å². The van der Waals surface area contributed by atoms with Crippen LogP contribution < -0.4 is 5.76 Å². The van der Waals surface area contributed by atoms with E-state index in [1.165, 1.54) is 12.1 Å². The Labute approximate surface area is 178 Å². The second-order valence-electron chi connectivity index (χ2n) is 8.62. The topological polar surface area (TPSA) is 110 Å². The van der Waals surface area contributed by atoms with Gasteiger partial charge in [-0.05, 0) is 36.5 Å². The van der Waals surface area contributed by atoms with Crippen LogP contribution in [0.25, 0.3) is 11.1 Å². The molecule has 0 unspecified atom stereocenters. The summed E-state index contributed by atoms with van der Waals surface area (Å²) in [5.41, 5.74) is 1.67. The Bertz CT molecular complexity index is 1280. The summed E-state index contributed by atoms with van der Waals surface area (Å²) in [4.78, 5) is 27.8. The Morgan fingerprint density at radius 1 is 1.16 bits per heavy atom. The normalized spacial score (nSPS) is 18.0. The highest BCUT2D eigenvalue weighted by molar-refractivity contribution is 7.91. The van der Waals surface area contributed by atoms with Crippen LogP contribution >= 0.6 is 0 Å². The molecule has 3 aromatic rings. The van der Waals surface area contributed by atoms with Crippen molar-refractivity contribution in [2.24, 2.45) is 11.3 Å². The van der Waals surface area contributed by atoms with E-state index in [4.69, 9.17) is 9.15 Å². The minimum absolute atomic E-state index is 0.0172. The van der Waals surface area contributed by atoms with Gasteiger partial charge in [0, 0.05) is 24.6 Å². The highest BCUT2D eigenvalue weighted by atomic mass is 32.2. The summed E-state index contributed by atoms with van der Waals surface area (Å²) in [7, 11) is -3.49. The van der Waals surface area contributed by atoms with E-state index in [1.54, 1.807) is 11.0 Å². The predicted octanol–water partition coefficient (Wildman–Crippen LogP) is 2.94. The zero-order chi connectivity index (χ0) is 21.6. The Hall–Kier alpha value is -3.07. The molecule has 2 aliphatic rings. The third-order valence-corrected chi connectivity index (χ3v) is 8.05. The van der Waals surface area contributed by atoms with Crippen molar-refractivity contribution >= 4 is 27.0 Å². The highest BCUT2D eigenvalue weighted by Gasteiger charge is 2.54. The smallest absolute Gasteiger partial charge is 0.417 e. The molecule has 1 N–H and O–H groups in total. The highest BCUT2D eigenvalue weighted by Crippen LogP contribution is 2.52. The Morgan fingerprint density at radius 3 is 2.65 bits per heavy atom. The Balaban J connectivity index is 1.12. The fraction of sp³-hybridized carbons (Fsp3) is 0.364. The molecule has 2 heterocycles.